The van der Waals surface area contributed by atoms with E-state index in [4.69, 9.17) is 14.8 Å². The maximum absolute atomic E-state index is 12.7. The summed E-state index contributed by atoms with van der Waals surface area (Å²) in [6.45, 7) is 3.89. The van der Waals surface area contributed by atoms with Gasteiger partial charge in [-0.1, -0.05) is 143 Å². The van der Waals surface area contributed by atoms with Gasteiger partial charge in [0.05, 0.1) is 25.4 Å². The number of aliphatic hydroxyl groups excluding tert-OH is 1. The number of nitrogens with one attached hydrogen (secondary N) is 1. The van der Waals surface area contributed by atoms with Gasteiger partial charge in [-0.15, -0.1) is 0 Å². The van der Waals surface area contributed by atoms with E-state index in [0.717, 1.165) is 103 Å². The molecule has 0 saturated heterocycles. The highest BCUT2D eigenvalue weighted by Gasteiger charge is 2.26. The maximum Gasteiger partial charge on any atom is 0.472 e. The Morgan fingerprint density at radius 2 is 1.13 bits per heavy atom. The van der Waals surface area contributed by atoms with Crippen LogP contribution >= 0.6 is 7.82 Å². The molecule has 9 heteroatoms. The summed E-state index contributed by atoms with van der Waals surface area (Å²) < 4.78 is 22.0. The fourth-order valence-corrected chi connectivity index (χ4v) is 5.64. The zero-order valence-corrected chi connectivity index (χ0v) is 33.4. The van der Waals surface area contributed by atoms with Crippen molar-refractivity contribution >= 4 is 13.7 Å². The lowest BCUT2D eigenvalue weighted by Crippen LogP contribution is -2.45. The number of carbonyl (C=O) groups excluding carboxylic acids is 1. The number of phosphoric acid groups is 1. The highest BCUT2D eigenvalue weighted by molar-refractivity contribution is 7.47. The number of unbranched alkanes of at least 4 members (excludes halogenated alkanes) is 9. The Morgan fingerprint density at radius 1 is 0.654 bits per heavy atom. The third-order valence-electron chi connectivity index (χ3n) is 7.87. The fraction of sp³-hybridized carbons (Fsp3) is 0.605. The summed E-state index contributed by atoms with van der Waals surface area (Å²) in [4.78, 5) is 22.6. The van der Waals surface area contributed by atoms with Crippen LogP contribution in [0.15, 0.2) is 97.2 Å². The smallest absolute Gasteiger partial charge is 0.387 e. The van der Waals surface area contributed by atoms with Crippen molar-refractivity contribution in [3.63, 3.8) is 0 Å². The normalized spacial score (nSPS) is 15.2. The molecule has 5 N–H and O–H groups in total. The summed E-state index contributed by atoms with van der Waals surface area (Å²) in [5.41, 5.74) is 5.35. The summed E-state index contributed by atoms with van der Waals surface area (Å²) in [5, 5.41) is 13.6. The predicted molar refractivity (Wildman–Crippen MR) is 221 cm³/mol. The van der Waals surface area contributed by atoms with E-state index in [2.05, 4.69) is 104 Å². The summed E-state index contributed by atoms with van der Waals surface area (Å²) in [7, 11) is -4.36. The van der Waals surface area contributed by atoms with Crippen molar-refractivity contribution in [1.82, 2.24) is 5.32 Å². The molecule has 0 saturated carbocycles. The second kappa shape index (κ2) is 38.2. The summed E-state index contributed by atoms with van der Waals surface area (Å²) in [6.07, 6.45) is 51.7. The molecule has 0 aliphatic carbocycles. The molecule has 0 aliphatic rings. The van der Waals surface area contributed by atoms with Crippen molar-refractivity contribution in [2.24, 2.45) is 5.73 Å². The van der Waals surface area contributed by atoms with Crippen LogP contribution in [0.4, 0.5) is 0 Å². The largest absolute Gasteiger partial charge is 0.472 e. The van der Waals surface area contributed by atoms with Gasteiger partial charge < -0.3 is 21.1 Å². The molecule has 0 aromatic rings. The van der Waals surface area contributed by atoms with Gasteiger partial charge in [0.25, 0.3) is 0 Å². The average Bonchev–Trinajstić information content (AvgIpc) is 3.13. The minimum Gasteiger partial charge on any atom is -0.387 e. The van der Waals surface area contributed by atoms with E-state index in [1.165, 1.54) is 12.8 Å². The third kappa shape index (κ3) is 35.8. The molecule has 52 heavy (non-hydrogen) atoms. The molecule has 0 spiro atoms. The first kappa shape index (κ1) is 49.4. The first-order valence-electron chi connectivity index (χ1n) is 19.9. The number of aliphatic hydroxyl groups is 1. The minimum atomic E-state index is -4.36. The Bertz CT molecular complexity index is 1120. The Labute approximate surface area is 317 Å². The van der Waals surface area contributed by atoms with Gasteiger partial charge in [-0.05, 0) is 83.5 Å². The Kier molecular flexibility index (Phi) is 36.3. The molecular weight excluding hydrogens is 671 g/mol. The third-order valence-corrected chi connectivity index (χ3v) is 8.86. The number of hydrogen-bond acceptors (Lipinski definition) is 6. The summed E-state index contributed by atoms with van der Waals surface area (Å²) in [5.74, 6) is -0.234. The van der Waals surface area contributed by atoms with Crippen LogP contribution in [0.3, 0.4) is 0 Å². The van der Waals surface area contributed by atoms with Crippen molar-refractivity contribution in [2.75, 3.05) is 19.8 Å². The second-order valence-corrected chi connectivity index (χ2v) is 14.2. The molecule has 0 radical (unpaired) electrons. The lowest BCUT2D eigenvalue weighted by Gasteiger charge is -2.23. The van der Waals surface area contributed by atoms with Crippen LogP contribution < -0.4 is 11.1 Å². The fourth-order valence-electron chi connectivity index (χ4n) is 4.88. The van der Waals surface area contributed by atoms with Gasteiger partial charge >= 0.3 is 7.82 Å². The van der Waals surface area contributed by atoms with E-state index in [9.17, 15) is 19.4 Å². The number of phosphoric ester groups is 1. The molecule has 3 atom stereocenters. The number of rotatable bonds is 35. The molecule has 1 amide bonds. The minimum absolute atomic E-state index is 0.0624. The maximum atomic E-state index is 12.7. The highest BCUT2D eigenvalue weighted by Crippen LogP contribution is 2.43. The van der Waals surface area contributed by atoms with Crippen LogP contribution in [0.25, 0.3) is 0 Å². The second-order valence-electron chi connectivity index (χ2n) is 12.7. The van der Waals surface area contributed by atoms with Gasteiger partial charge in [-0.2, -0.15) is 0 Å². The quantitative estimate of drug-likeness (QED) is 0.0289. The van der Waals surface area contributed by atoms with Crippen LogP contribution in [-0.4, -0.2) is 47.8 Å². The topological polar surface area (TPSA) is 131 Å². The van der Waals surface area contributed by atoms with E-state index >= 15 is 0 Å². The van der Waals surface area contributed by atoms with Gasteiger partial charge in [-0.3, -0.25) is 13.8 Å². The average molecular weight is 745 g/mol. The van der Waals surface area contributed by atoms with Gasteiger partial charge in [0.2, 0.25) is 5.91 Å². The Hall–Kier alpha value is -2.58. The van der Waals surface area contributed by atoms with Crippen LogP contribution in [0, 0.1) is 0 Å². The summed E-state index contributed by atoms with van der Waals surface area (Å²) in [6, 6.07) is -0.899. The van der Waals surface area contributed by atoms with Gasteiger partial charge in [-0.25, -0.2) is 4.57 Å². The zero-order chi connectivity index (χ0) is 38.2. The first-order valence-corrected chi connectivity index (χ1v) is 21.4. The Morgan fingerprint density at radius 3 is 1.71 bits per heavy atom. The van der Waals surface area contributed by atoms with Crippen molar-refractivity contribution in [3.8, 4) is 0 Å². The van der Waals surface area contributed by atoms with Crippen molar-refractivity contribution in [1.29, 1.82) is 0 Å². The molecule has 3 unspecified atom stereocenters. The van der Waals surface area contributed by atoms with E-state index in [1.54, 1.807) is 6.08 Å². The van der Waals surface area contributed by atoms with Gasteiger partial charge in [0.15, 0.2) is 0 Å². The van der Waals surface area contributed by atoms with Crippen LogP contribution in [0.2, 0.25) is 0 Å². The zero-order valence-electron chi connectivity index (χ0n) is 32.5. The summed E-state index contributed by atoms with van der Waals surface area (Å²) >= 11 is 0. The van der Waals surface area contributed by atoms with Crippen molar-refractivity contribution in [2.45, 2.75) is 148 Å². The van der Waals surface area contributed by atoms with E-state index in [1.807, 2.05) is 6.08 Å². The molecule has 0 bridgehead atoms. The van der Waals surface area contributed by atoms with Crippen molar-refractivity contribution in [3.05, 3.63) is 97.2 Å². The van der Waals surface area contributed by atoms with Crippen LogP contribution in [-0.2, 0) is 18.4 Å². The molecule has 8 nitrogen and oxygen atoms in total. The van der Waals surface area contributed by atoms with E-state index in [0.29, 0.717) is 6.42 Å². The first-order chi connectivity index (χ1) is 25.4. The molecule has 0 aliphatic heterocycles. The van der Waals surface area contributed by atoms with E-state index in [-0.39, 0.29) is 25.7 Å². The molecule has 0 heterocycles. The van der Waals surface area contributed by atoms with Crippen LogP contribution in [0.1, 0.15) is 136 Å². The van der Waals surface area contributed by atoms with E-state index < -0.39 is 20.0 Å². The standard InChI is InChI=1S/C43H73N2O6P/c1-3-5-7-9-11-13-15-17-18-19-20-21-22-23-24-25-27-29-31-33-35-37-43(47)45-41(40-51-52(48,49)50-39-38-44)42(46)36-34-32-30-28-26-16-14-12-10-8-6-4-2/h5,7,10-13,17-18,20-21,23-24,26,28,34,36,41-42,46H,3-4,6,8-9,14-16,19,22,25,27,29-33,35,37-40,44H2,1-2H3,(H,45,47)(H,48,49)/b7-5-,12-10+,13-11-,18-17-,21-20-,24-23-,28-26+,36-34+. The Balaban J connectivity index is 4.36. The number of carbonyl (C=O) groups is 1. The molecule has 0 aromatic heterocycles. The molecule has 0 aromatic carbocycles. The lowest BCUT2D eigenvalue weighted by atomic mass is 10.1. The predicted octanol–water partition coefficient (Wildman–Crippen LogP) is 10.8. The monoisotopic (exact) mass is 745 g/mol. The van der Waals surface area contributed by atoms with Gasteiger partial charge in [0, 0.05) is 13.0 Å². The molecular formula is C43H73N2O6P. The number of amides is 1. The lowest BCUT2D eigenvalue weighted by molar-refractivity contribution is -0.123. The molecule has 0 rings (SSSR count). The SMILES string of the molecule is CC/C=C\C/C=C\C/C=C\C/C=C\C/C=C\CCCCCCCC(=O)NC(COP(=O)(O)OCCN)C(O)/C=C/CC/C=C/CC/C=C/CCCC. The van der Waals surface area contributed by atoms with Crippen molar-refractivity contribution < 1.29 is 28.4 Å². The van der Waals surface area contributed by atoms with Gasteiger partial charge in [0.1, 0.15) is 0 Å². The number of allylic oxidation sites excluding steroid dienone is 15. The highest BCUT2D eigenvalue weighted by atomic mass is 31.2. The van der Waals surface area contributed by atoms with Crippen LogP contribution in [0.5, 0.6) is 0 Å². The molecule has 296 valence electrons. The number of hydrogen-bond donors (Lipinski definition) is 4. The number of nitrogens with two attached hydrogens (primary N) is 1. The molecule has 0 fully saturated rings.